The van der Waals surface area contributed by atoms with Crippen molar-refractivity contribution in [1.29, 1.82) is 0 Å². The van der Waals surface area contributed by atoms with Gasteiger partial charge in [0.15, 0.2) is 6.26 Å². The Bertz CT molecular complexity index is 793. The Hall–Kier alpha value is -3.14. The van der Waals surface area contributed by atoms with Crippen LogP contribution in [0.4, 0.5) is 17.1 Å². The summed E-state index contributed by atoms with van der Waals surface area (Å²) in [5.41, 5.74) is 2.78. The molecular weight excluding hydrogens is 276 g/mol. The van der Waals surface area contributed by atoms with Crippen LogP contribution >= 0.6 is 0 Å². The molecule has 108 valence electrons. The summed E-state index contributed by atoms with van der Waals surface area (Å²) in [6.07, 6.45) is 3.15. The number of nitrogens with one attached hydrogen (secondary N) is 1. The fourth-order valence-corrected chi connectivity index (χ4v) is 2.17. The number of amides is 1. The number of nitrogens with zero attached hydrogens (tertiary/aromatic N) is 1. The van der Waals surface area contributed by atoms with E-state index in [1.165, 1.54) is 0 Å². The number of anilines is 1. The molecule has 1 amide bonds. The summed E-state index contributed by atoms with van der Waals surface area (Å²) in [6.45, 7) is 3.99. The molecule has 0 spiro atoms. The number of hydrogen-bond donors (Lipinski definition) is 1. The van der Waals surface area contributed by atoms with E-state index in [2.05, 4.69) is 12.0 Å². The van der Waals surface area contributed by atoms with E-state index in [-0.39, 0.29) is 5.91 Å². The van der Waals surface area contributed by atoms with Crippen LogP contribution in [0.5, 0.6) is 0 Å². The standard InChI is InChI=1S/C18H14N2O2/c1-20(15-11-12-22-13-15)17-10-6-5-9-16(17)18(21)19-14-7-3-2-4-8-14/h2-13H,1H2/p+1. The number of carbonyl (C=O) groups excluding carboxylic acids is 1. The van der Waals surface area contributed by atoms with Crippen molar-refractivity contribution in [2.75, 3.05) is 5.32 Å². The van der Waals surface area contributed by atoms with Gasteiger partial charge in [-0.2, -0.15) is 4.58 Å². The summed E-state index contributed by atoms with van der Waals surface area (Å²) in [5, 5.41) is 2.88. The van der Waals surface area contributed by atoms with Gasteiger partial charge in [-0.25, -0.2) is 0 Å². The summed E-state index contributed by atoms with van der Waals surface area (Å²) >= 11 is 0. The maximum atomic E-state index is 12.5. The molecule has 3 aromatic rings. The average molecular weight is 291 g/mol. The van der Waals surface area contributed by atoms with Crippen LogP contribution in [0.3, 0.4) is 0 Å². The maximum Gasteiger partial charge on any atom is 0.262 e. The highest BCUT2D eigenvalue weighted by Crippen LogP contribution is 2.24. The summed E-state index contributed by atoms with van der Waals surface area (Å²) < 4.78 is 6.74. The first kappa shape index (κ1) is 13.8. The SMILES string of the molecule is C=[N+](c1ccoc1)c1ccccc1C(=O)Nc1ccccc1. The minimum Gasteiger partial charge on any atom is -0.465 e. The molecule has 0 atom stereocenters. The fraction of sp³-hybridized carbons (Fsp3) is 0. The predicted octanol–water partition coefficient (Wildman–Crippen LogP) is 4.07. The van der Waals surface area contributed by atoms with E-state index in [4.69, 9.17) is 4.42 Å². The molecule has 1 N–H and O–H groups in total. The second-order valence-electron chi connectivity index (χ2n) is 4.75. The van der Waals surface area contributed by atoms with E-state index in [0.717, 1.165) is 11.4 Å². The molecule has 22 heavy (non-hydrogen) atoms. The monoisotopic (exact) mass is 291 g/mol. The van der Waals surface area contributed by atoms with Crippen molar-refractivity contribution in [2.45, 2.75) is 0 Å². The molecule has 4 nitrogen and oxygen atoms in total. The van der Waals surface area contributed by atoms with E-state index >= 15 is 0 Å². The number of benzene rings is 2. The van der Waals surface area contributed by atoms with Gasteiger partial charge in [0, 0.05) is 17.8 Å². The number of carbonyl (C=O) groups is 1. The Balaban J connectivity index is 1.91. The van der Waals surface area contributed by atoms with Crippen molar-refractivity contribution in [3.8, 4) is 0 Å². The third kappa shape index (κ3) is 2.81. The molecule has 0 bridgehead atoms. The van der Waals surface area contributed by atoms with Gasteiger partial charge in [-0.05, 0) is 18.2 Å². The molecule has 4 heteroatoms. The lowest BCUT2D eigenvalue weighted by Crippen LogP contribution is -2.15. The first-order valence-corrected chi connectivity index (χ1v) is 6.84. The largest absolute Gasteiger partial charge is 0.465 e. The molecule has 3 rings (SSSR count). The van der Waals surface area contributed by atoms with Crippen molar-refractivity contribution in [1.82, 2.24) is 4.58 Å². The minimum absolute atomic E-state index is 0.182. The van der Waals surface area contributed by atoms with Gasteiger partial charge in [0.1, 0.15) is 12.3 Å². The van der Waals surface area contributed by atoms with Crippen LogP contribution in [-0.4, -0.2) is 12.6 Å². The second kappa shape index (κ2) is 6.10. The maximum absolute atomic E-state index is 12.5. The first-order valence-electron chi connectivity index (χ1n) is 6.84. The van der Waals surface area contributed by atoms with E-state index in [1.54, 1.807) is 29.2 Å². The number of rotatable bonds is 4. The second-order valence-corrected chi connectivity index (χ2v) is 4.75. The summed E-state index contributed by atoms with van der Waals surface area (Å²) in [7, 11) is 0. The molecule has 0 unspecified atom stereocenters. The Kier molecular flexibility index (Phi) is 3.83. The van der Waals surface area contributed by atoms with Gasteiger partial charge in [0.2, 0.25) is 11.4 Å². The predicted molar refractivity (Wildman–Crippen MR) is 88.1 cm³/mol. The molecule has 1 heterocycles. The topological polar surface area (TPSA) is 45.2 Å². The van der Waals surface area contributed by atoms with Crippen molar-refractivity contribution in [3.05, 3.63) is 78.8 Å². The number of hydrogen-bond acceptors (Lipinski definition) is 2. The lowest BCUT2D eigenvalue weighted by Gasteiger charge is -2.07. The van der Waals surface area contributed by atoms with Gasteiger partial charge in [0.05, 0.1) is 6.26 Å². The lowest BCUT2D eigenvalue weighted by molar-refractivity contribution is 0.102. The Labute approximate surface area is 128 Å². The van der Waals surface area contributed by atoms with Gasteiger partial charge in [-0.1, -0.05) is 30.3 Å². The van der Waals surface area contributed by atoms with Gasteiger partial charge in [0.25, 0.3) is 5.91 Å². The minimum atomic E-state index is -0.182. The van der Waals surface area contributed by atoms with Gasteiger partial charge in [-0.3, -0.25) is 4.79 Å². The quantitative estimate of drug-likeness (QED) is 0.582. The molecule has 0 aliphatic heterocycles. The zero-order valence-electron chi connectivity index (χ0n) is 11.9. The Morgan fingerprint density at radius 1 is 1.00 bits per heavy atom. The zero-order valence-corrected chi connectivity index (χ0v) is 11.9. The molecule has 0 saturated heterocycles. The summed E-state index contributed by atoms with van der Waals surface area (Å²) in [6, 6.07) is 18.4. The first-order chi connectivity index (χ1) is 10.8. The molecule has 1 aromatic heterocycles. The highest BCUT2D eigenvalue weighted by molar-refractivity contribution is 6.08. The smallest absolute Gasteiger partial charge is 0.262 e. The van der Waals surface area contributed by atoms with E-state index in [1.807, 2.05) is 48.5 Å². The Morgan fingerprint density at radius 2 is 1.73 bits per heavy atom. The van der Waals surface area contributed by atoms with Crippen LogP contribution in [0.15, 0.2) is 77.6 Å². The van der Waals surface area contributed by atoms with Crippen LogP contribution in [0.1, 0.15) is 10.4 Å². The van der Waals surface area contributed by atoms with Crippen LogP contribution < -0.4 is 9.89 Å². The van der Waals surface area contributed by atoms with E-state index < -0.39 is 0 Å². The van der Waals surface area contributed by atoms with E-state index in [9.17, 15) is 4.79 Å². The molecule has 0 aliphatic rings. The zero-order chi connectivity index (χ0) is 15.4. The third-order valence-electron chi connectivity index (χ3n) is 3.29. The van der Waals surface area contributed by atoms with Crippen LogP contribution in [0.2, 0.25) is 0 Å². The lowest BCUT2D eigenvalue weighted by atomic mass is 10.1. The van der Waals surface area contributed by atoms with Crippen molar-refractivity contribution in [2.24, 2.45) is 0 Å². The van der Waals surface area contributed by atoms with Gasteiger partial charge in [-0.15, -0.1) is 0 Å². The van der Waals surface area contributed by atoms with Gasteiger partial charge >= 0.3 is 0 Å². The van der Waals surface area contributed by atoms with Crippen LogP contribution in [0, 0.1) is 0 Å². The highest BCUT2D eigenvalue weighted by Gasteiger charge is 2.21. The van der Waals surface area contributed by atoms with Crippen molar-refractivity contribution < 1.29 is 9.21 Å². The van der Waals surface area contributed by atoms with E-state index in [0.29, 0.717) is 11.3 Å². The molecule has 0 fully saturated rings. The number of furan rings is 1. The van der Waals surface area contributed by atoms with Crippen LogP contribution in [-0.2, 0) is 0 Å². The normalized spacial score (nSPS) is 10.2. The number of para-hydroxylation sites is 2. The molecule has 0 radical (unpaired) electrons. The molecule has 0 saturated carbocycles. The van der Waals surface area contributed by atoms with Gasteiger partial charge < -0.3 is 9.73 Å². The molecule has 2 aromatic carbocycles. The molecule has 0 aliphatic carbocycles. The Morgan fingerprint density at radius 3 is 2.45 bits per heavy atom. The van der Waals surface area contributed by atoms with Crippen molar-refractivity contribution >= 4 is 29.7 Å². The average Bonchev–Trinajstić information content (AvgIpc) is 3.09. The third-order valence-corrected chi connectivity index (χ3v) is 3.29. The van der Waals surface area contributed by atoms with Crippen molar-refractivity contribution in [3.63, 3.8) is 0 Å². The fourth-order valence-electron chi connectivity index (χ4n) is 2.17. The summed E-state index contributed by atoms with van der Waals surface area (Å²) in [4.78, 5) is 12.5. The highest BCUT2D eigenvalue weighted by atomic mass is 16.3. The van der Waals surface area contributed by atoms with Crippen LogP contribution in [0.25, 0.3) is 0 Å². The summed E-state index contributed by atoms with van der Waals surface area (Å²) in [5.74, 6) is -0.182. The molecular formula is C18H15N2O2+.